The quantitative estimate of drug-likeness (QED) is 0.0293. The van der Waals surface area contributed by atoms with Crippen molar-refractivity contribution in [1.82, 2.24) is 40.1 Å². The van der Waals surface area contributed by atoms with Gasteiger partial charge in [0.1, 0.15) is 35.6 Å². The number of nitrogens with one attached hydrogen (secondary N) is 4. The predicted molar refractivity (Wildman–Crippen MR) is 394 cm³/mol. The van der Waals surface area contributed by atoms with E-state index in [-0.39, 0.29) is 46.8 Å². The number of benzene rings is 9. The number of aryl methyl sites for hydroxylation is 2. The van der Waals surface area contributed by atoms with Gasteiger partial charge in [0.05, 0.1) is 31.1 Å². The highest BCUT2D eigenvalue weighted by atomic mass is 35.5. The van der Waals surface area contributed by atoms with Crippen LogP contribution in [0.2, 0.25) is 15.1 Å². The summed E-state index contributed by atoms with van der Waals surface area (Å²) in [6, 6.07) is 57.7. The summed E-state index contributed by atoms with van der Waals surface area (Å²) in [4.78, 5) is 75.7. The lowest BCUT2D eigenvalue weighted by atomic mass is 9.93. The molecule has 0 spiro atoms. The van der Waals surface area contributed by atoms with Crippen LogP contribution in [-0.2, 0) is 47.9 Å². The number of carbonyl (C=O) groups is 6. The third-order valence-electron chi connectivity index (χ3n) is 17.2. The van der Waals surface area contributed by atoms with E-state index in [2.05, 4.69) is 41.7 Å². The first kappa shape index (κ1) is 71.4. The molecule has 524 valence electrons. The number of anilines is 2. The number of hydrogen-bond acceptors (Lipinski definition) is 14. The molecule has 0 saturated carbocycles. The first-order valence-corrected chi connectivity index (χ1v) is 33.6. The molecule has 104 heavy (non-hydrogen) atoms. The van der Waals surface area contributed by atoms with Gasteiger partial charge in [-0.2, -0.15) is 5.10 Å². The summed E-state index contributed by atoms with van der Waals surface area (Å²) in [6.07, 6.45) is -3.77. The number of carbonyl (C=O) groups excluding carboxylic acids is 3. The average molecular weight is 1450 g/mol. The van der Waals surface area contributed by atoms with Crippen LogP contribution in [0.4, 0.5) is 26.0 Å². The van der Waals surface area contributed by atoms with Gasteiger partial charge in [0.25, 0.3) is 0 Å². The van der Waals surface area contributed by atoms with E-state index in [4.69, 9.17) is 59.2 Å². The molecule has 3 heterocycles. The third kappa shape index (κ3) is 16.5. The van der Waals surface area contributed by atoms with E-state index in [9.17, 15) is 39.0 Å². The number of halogens is 3. The van der Waals surface area contributed by atoms with Crippen molar-refractivity contribution in [3.63, 3.8) is 0 Å². The van der Waals surface area contributed by atoms with Crippen molar-refractivity contribution in [2.45, 2.75) is 72.2 Å². The summed E-state index contributed by atoms with van der Waals surface area (Å²) >= 11 is 20.8. The van der Waals surface area contributed by atoms with Crippen molar-refractivity contribution >= 4 is 82.6 Å². The van der Waals surface area contributed by atoms with E-state index in [1.54, 1.807) is 136 Å². The van der Waals surface area contributed by atoms with Crippen LogP contribution in [0.3, 0.4) is 0 Å². The molecule has 0 aliphatic carbocycles. The summed E-state index contributed by atoms with van der Waals surface area (Å²) in [5.41, 5.74) is 16.2. The molecule has 0 radical (unpaired) electrons. The van der Waals surface area contributed by atoms with Gasteiger partial charge in [-0.05, 0) is 144 Å². The minimum absolute atomic E-state index is 0.0803. The highest BCUT2D eigenvalue weighted by Gasteiger charge is 2.26. The van der Waals surface area contributed by atoms with Gasteiger partial charge < -0.3 is 29.5 Å². The van der Waals surface area contributed by atoms with E-state index >= 15 is 0 Å². The Labute approximate surface area is 610 Å². The van der Waals surface area contributed by atoms with Crippen LogP contribution in [0.1, 0.15) is 83.9 Å². The Kier molecular flexibility index (Phi) is 21.4. The minimum atomic E-state index is -0.968. The smallest absolute Gasteiger partial charge is 0.427 e. The Morgan fingerprint density at radius 3 is 1.43 bits per heavy atom. The number of nitrogens with zero attached hydrogens (tertiary/aromatic N) is 7. The molecule has 26 heteroatoms. The van der Waals surface area contributed by atoms with Gasteiger partial charge in [-0.25, -0.2) is 34.3 Å². The first-order chi connectivity index (χ1) is 50.0. The standard InChI is InChI=1S/C78H64Cl3N11O12/c1-42-41-82-92(74(42)84-77(100)103-43(2)59-8-6-7-9-65(59)79)68-33-29-56(53-20-14-49(15-21-53)36-71(97)98)38-64(68)58-28-31-61(67(81)40-58)45(4)104-78(101)89-91-46(5)85-88-75(91)62-32-26-55(52-18-12-48(13-19-52)35-70(95)96)37-63(62)57-27-30-60(66(80)39-57)44(3)102-76(99)83-73-72(86-90-87-73)54-24-22-51(23-25-54)50-16-10-47(11-17-50)34-69(93)94/h6-33,37-41,43-45H,34-36H2,1-5H3,(H,84,100)(H,89,101)(H,93,94)(H,95,96)(H,97,98)(H2,83,86,87,90,99). The van der Waals surface area contributed by atoms with Crippen LogP contribution in [0.5, 0.6) is 0 Å². The Hall–Kier alpha value is -12.4. The lowest BCUT2D eigenvalue weighted by molar-refractivity contribution is -0.137. The molecular formula is C78H64Cl3N11O12. The lowest BCUT2D eigenvalue weighted by Crippen LogP contribution is -2.26. The third-order valence-corrected chi connectivity index (χ3v) is 18.2. The molecule has 3 atom stereocenters. The van der Waals surface area contributed by atoms with Crippen LogP contribution < -0.4 is 16.1 Å². The van der Waals surface area contributed by atoms with Crippen molar-refractivity contribution in [2.24, 2.45) is 0 Å². The second kappa shape index (κ2) is 31.2. The number of rotatable bonds is 23. The fourth-order valence-electron chi connectivity index (χ4n) is 11.9. The van der Waals surface area contributed by atoms with Crippen molar-refractivity contribution in [3.05, 3.63) is 260 Å². The Balaban J connectivity index is 0.783. The summed E-state index contributed by atoms with van der Waals surface area (Å²) < 4.78 is 20.7. The van der Waals surface area contributed by atoms with Gasteiger partial charge in [0, 0.05) is 54.0 Å². The van der Waals surface area contributed by atoms with Crippen LogP contribution in [0.25, 0.3) is 84.0 Å². The zero-order valence-corrected chi connectivity index (χ0v) is 58.5. The van der Waals surface area contributed by atoms with Crippen LogP contribution in [-0.4, -0.2) is 91.6 Å². The average Bonchev–Trinajstić information content (AvgIpc) is 1.50. The summed E-state index contributed by atoms with van der Waals surface area (Å²) in [6.45, 7) is 8.49. The molecule has 0 fully saturated rings. The van der Waals surface area contributed by atoms with Crippen molar-refractivity contribution in [2.75, 3.05) is 16.1 Å². The molecule has 12 rings (SSSR count). The second-order valence-corrected chi connectivity index (χ2v) is 25.6. The highest BCUT2D eigenvalue weighted by molar-refractivity contribution is 6.32. The van der Waals surface area contributed by atoms with E-state index in [0.717, 1.165) is 33.4 Å². The molecule has 0 aliphatic rings. The summed E-state index contributed by atoms with van der Waals surface area (Å²) in [5.74, 6) is -1.84. The molecule has 3 aromatic heterocycles. The maximum absolute atomic E-state index is 14.2. The van der Waals surface area contributed by atoms with Gasteiger partial charge in [-0.1, -0.05) is 192 Å². The molecule has 0 aliphatic heterocycles. The van der Waals surface area contributed by atoms with Crippen LogP contribution in [0.15, 0.2) is 200 Å². The van der Waals surface area contributed by atoms with Crippen LogP contribution in [0, 0.1) is 13.8 Å². The molecular weight excluding hydrogens is 1390 g/mol. The number of carboxylic acid groups (broad SMARTS) is 3. The van der Waals surface area contributed by atoms with E-state index in [0.29, 0.717) is 94.5 Å². The molecule has 12 aromatic rings. The Morgan fingerprint density at radius 2 is 0.904 bits per heavy atom. The monoisotopic (exact) mass is 1450 g/mol. The summed E-state index contributed by atoms with van der Waals surface area (Å²) in [5, 5.41) is 59.0. The number of hydrogen-bond donors (Lipinski definition) is 7. The molecule has 0 saturated heterocycles. The maximum Gasteiger partial charge on any atom is 0.427 e. The maximum atomic E-state index is 14.2. The number of H-pyrrole nitrogens is 1. The predicted octanol–water partition coefficient (Wildman–Crippen LogP) is 17.8. The Morgan fingerprint density at radius 1 is 0.462 bits per heavy atom. The number of carboxylic acids is 3. The first-order valence-electron chi connectivity index (χ1n) is 32.5. The largest absolute Gasteiger partial charge is 0.481 e. The van der Waals surface area contributed by atoms with Gasteiger partial charge >= 0.3 is 36.2 Å². The fraction of sp³-hybridized carbons (Fsp3) is 0.141. The van der Waals surface area contributed by atoms with Crippen molar-refractivity contribution in [3.8, 4) is 84.0 Å². The van der Waals surface area contributed by atoms with Gasteiger partial charge in [0.15, 0.2) is 11.6 Å². The van der Waals surface area contributed by atoms with E-state index < -0.39 is 54.5 Å². The van der Waals surface area contributed by atoms with Crippen LogP contribution >= 0.6 is 34.8 Å². The second-order valence-electron chi connectivity index (χ2n) is 24.4. The minimum Gasteiger partial charge on any atom is -0.481 e. The number of aromatic nitrogens is 8. The van der Waals surface area contributed by atoms with E-state index in [1.807, 2.05) is 103 Å². The summed E-state index contributed by atoms with van der Waals surface area (Å²) in [7, 11) is 0. The zero-order valence-electron chi connectivity index (χ0n) is 56.2. The SMILES string of the molecule is Cc1cnn(-c2ccc(-c3ccc(CC(=O)O)cc3)cc2-c2ccc(C(C)OC(=O)Nn3c(C)nnc3-c3ccc(-c4ccc(CC(=O)O)cc4)cc3-c3ccc(C(C)OC(=O)Nc4[nH]nnc4-c4ccc(-c5ccc(CC(=O)O)cc5)cc4)c(Cl)c3)c(Cl)c2)c1NC(=O)OC(C)c1ccccc1Cl. The number of ether oxygens (including phenoxy) is 3. The van der Waals surface area contributed by atoms with Gasteiger partial charge in [0.2, 0.25) is 0 Å². The zero-order chi connectivity index (χ0) is 73.5. The highest BCUT2D eigenvalue weighted by Crippen LogP contribution is 2.41. The van der Waals surface area contributed by atoms with Gasteiger partial charge in [-0.3, -0.25) is 25.0 Å². The molecule has 3 amide bonds. The molecule has 3 unspecified atom stereocenters. The number of aliphatic carboxylic acids is 3. The molecule has 23 nitrogen and oxygen atoms in total. The number of amides is 3. The van der Waals surface area contributed by atoms with Crippen molar-refractivity contribution in [1.29, 1.82) is 0 Å². The van der Waals surface area contributed by atoms with Crippen molar-refractivity contribution < 1.29 is 58.3 Å². The fourth-order valence-corrected chi connectivity index (χ4v) is 12.9. The molecule has 0 bridgehead atoms. The lowest BCUT2D eigenvalue weighted by Gasteiger charge is -2.20. The number of aromatic amines is 1. The topological polar surface area (TPSA) is 317 Å². The van der Waals surface area contributed by atoms with E-state index in [1.165, 1.54) is 4.68 Å². The van der Waals surface area contributed by atoms with Gasteiger partial charge in [-0.15, -0.1) is 15.3 Å². The normalized spacial score (nSPS) is 12.0. The molecule has 7 N–H and O–H groups in total. The molecule has 9 aromatic carbocycles. The Bertz CT molecular complexity index is 5260.